The summed E-state index contributed by atoms with van der Waals surface area (Å²) in [4.78, 5) is 25.4. The molecule has 1 N–H and O–H groups in total. The second-order valence-corrected chi connectivity index (χ2v) is 7.26. The first-order valence-corrected chi connectivity index (χ1v) is 9.94. The number of ketones is 1. The van der Waals surface area contributed by atoms with E-state index in [0.717, 1.165) is 0 Å². The van der Waals surface area contributed by atoms with Gasteiger partial charge in [0.05, 0.1) is 33.3 Å². The van der Waals surface area contributed by atoms with Gasteiger partial charge in [-0.2, -0.15) is 0 Å². The van der Waals surface area contributed by atoms with Crippen molar-refractivity contribution in [2.75, 3.05) is 21.3 Å². The van der Waals surface area contributed by atoms with E-state index in [2.05, 4.69) is 0 Å². The highest BCUT2D eigenvalue weighted by Crippen LogP contribution is 2.48. The van der Waals surface area contributed by atoms with Crippen molar-refractivity contribution in [2.45, 2.75) is 12.3 Å². The van der Waals surface area contributed by atoms with Crippen LogP contribution >= 0.6 is 0 Å². The number of esters is 1. The third kappa shape index (κ3) is 3.62. The van der Waals surface area contributed by atoms with Gasteiger partial charge in [0.25, 0.3) is 0 Å². The summed E-state index contributed by atoms with van der Waals surface area (Å²) >= 11 is 0. The van der Waals surface area contributed by atoms with Crippen molar-refractivity contribution in [3.8, 4) is 28.7 Å². The highest BCUT2D eigenvalue weighted by Gasteiger charge is 2.34. The zero-order valence-electron chi connectivity index (χ0n) is 17.9. The molecule has 0 radical (unpaired) electrons. The van der Waals surface area contributed by atoms with Crippen molar-refractivity contribution in [3.63, 3.8) is 0 Å². The predicted octanol–water partition coefficient (Wildman–Crippen LogP) is 4.09. The van der Waals surface area contributed by atoms with E-state index in [4.69, 9.17) is 18.9 Å². The number of hydrogen-bond donors (Lipinski definition) is 1. The Balaban J connectivity index is 1.88. The number of rotatable bonds is 6. The average Bonchev–Trinajstić information content (AvgIpc) is 2.82. The topological polar surface area (TPSA) is 91.3 Å². The average molecular weight is 434 g/mol. The van der Waals surface area contributed by atoms with Crippen LogP contribution in [0, 0.1) is 0 Å². The maximum atomic E-state index is 13.0. The van der Waals surface area contributed by atoms with Gasteiger partial charge in [-0.05, 0) is 29.8 Å². The number of aromatic hydroxyl groups is 1. The van der Waals surface area contributed by atoms with Crippen molar-refractivity contribution in [1.29, 1.82) is 0 Å². The molecule has 3 aromatic rings. The lowest BCUT2D eigenvalue weighted by atomic mass is 9.83. The normalized spacial score (nSPS) is 14.8. The lowest BCUT2D eigenvalue weighted by molar-refractivity contribution is -0.135. The van der Waals surface area contributed by atoms with E-state index >= 15 is 0 Å². The zero-order valence-corrected chi connectivity index (χ0v) is 17.9. The molecule has 0 amide bonds. The Morgan fingerprint density at radius 1 is 0.969 bits per heavy atom. The van der Waals surface area contributed by atoms with E-state index in [1.54, 1.807) is 36.4 Å². The maximum Gasteiger partial charge on any atom is 0.312 e. The van der Waals surface area contributed by atoms with Crippen LogP contribution in [-0.4, -0.2) is 38.2 Å². The number of fused-ring (bicyclic) bond motifs is 1. The number of ether oxygens (including phenoxy) is 4. The largest absolute Gasteiger partial charge is 0.507 e. The summed E-state index contributed by atoms with van der Waals surface area (Å²) in [6, 6.07) is 15.1. The highest BCUT2D eigenvalue weighted by atomic mass is 16.5. The molecule has 0 saturated carbocycles. The Kier molecular flexibility index (Phi) is 5.73. The second kappa shape index (κ2) is 8.63. The van der Waals surface area contributed by atoms with Gasteiger partial charge in [0.2, 0.25) is 5.75 Å². The smallest absolute Gasteiger partial charge is 0.312 e. The minimum Gasteiger partial charge on any atom is -0.507 e. The molecule has 7 heteroatoms. The van der Waals surface area contributed by atoms with Crippen LogP contribution in [0.2, 0.25) is 0 Å². The predicted molar refractivity (Wildman–Crippen MR) is 116 cm³/mol. The molecule has 0 aliphatic carbocycles. The first kappa shape index (κ1) is 21.2. The van der Waals surface area contributed by atoms with Crippen LogP contribution in [0.4, 0.5) is 0 Å². The van der Waals surface area contributed by atoms with Crippen molar-refractivity contribution >= 4 is 11.8 Å². The fourth-order valence-electron chi connectivity index (χ4n) is 3.96. The number of benzene rings is 3. The number of carbonyl (C=O) groups is 2. The van der Waals surface area contributed by atoms with Crippen LogP contribution < -0.4 is 18.9 Å². The first-order chi connectivity index (χ1) is 15.5. The quantitative estimate of drug-likeness (QED) is 0.355. The van der Waals surface area contributed by atoms with Crippen LogP contribution in [0.3, 0.4) is 0 Å². The van der Waals surface area contributed by atoms with Crippen LogP contribution in [0.5, 0.6) is 28.7 Å². The lowest BCUT2D eigenvalue weighted by Crippen LogP contribution is -2.22. The van der Waals surface area contributed by atoms with E-state index in [1.807, 2.05) is 6.07 Å². The zero-order chi connectivity index (χ0) is 22.8. The number of methoxy groups -OCH3 is 3. The van der Waals surface area contributed by atoms with Crippen molar-refractivity contribution in [1.82, 2.24) is 0 Å². The Hall–Kier alpha value is -4.00. The second-order valence-electron chi connectivity index (χ2n) is 7.26. The Morgan fingerprint density at radius 2 is 1.62 bits per heavy atom. The molecule has 164 valence electrons. The van der Waals surface area contributed by atoms with Gasteiger partial charge in [-0.25, -0.2) is 0 Å². The molecule has 1 heterocycles. The molecule has 0 saturated heterocycles. The molecule has 7 nitrogen and oxygen atoms in total. The number of carbonyl (C=O) groups excluding carboxylic acids is 2. The summed E-state index contributed by atoms with van der Waals surface area (Å²) < 4.78 is 21.6. The number of phenolic OH excluding ortho intramolecular Hbond substituents is 1. The van der Waals surface area contributed by atoms with E-state index in [0.29, 0.717) is 33.9 Å². The van der Waals surface area contributed by atoms with Crippen LogP contribution in [0.25, 0.3) is 0 Å². The van der Waals surface area contributed by atoms with Gasteiger partial charge in [0, 0.05) is 17.0 Å². The van der Waals surface area contributed by atoms with Gasteiger partial charge in [0.1, 0.15) is 11.5 Å². The molecule has 1 atom stereocenters. The number of phenols is 1. The molecule has 32 heavy (non-hydrogen) atoms. The first-order valence-electron chi connectivity index (χ1n) is 9.94. The van der Waals surface area contributed by atoms with E-state index in [1.165, 1.54) is 33.5 Å². The number of hydrogen-bond acceptors (Lipinski definition) is 7. The van der Waals surface area contributed by atoms with Crippen LogP contribution in [0.1, 0.15) is 39.4 Å². The van der Waals surface area contributed by atoms with Gasteiger partial charge in [-0.15, -0.1) is 0 Å². The summed E-state index contributed by atoms with van der Waals surface area (Å²) in [7, 11) is 4.50. The summed E-state index contributed by atoms with van der Waals surface area (Å²) in [6.45, 7) is 0. The highest BCUT2D eigenvalue weighted by molar-refractivity contribution is 6.11. The monoisotopic (exact) mass is 434 g/mol. The van der Waals surface area contributed by atoms with E-state index in [9.17, 15) is 14.7 Å². The Bertz CT molecular complexity index is 1160. The van der Waals surface area contributed by atoms with Gasteiger partial charge in [0.15, 0.2) is 17.3 Å². The summed E-state index contributed by atoms with van der Waals surface area (Å²) in [6.07, 6.45) is -0.0256. The van der Waals surface area contributed by atoms with Crippen LogP contribution in [0.15, 0.2) is 54.6 Å². The lowest BCUT2D eigenvalue weighted by Gasteiger charge is -2.27. The molecule has 3 aromatic carbocycles. The maximum absolute atomic E-state index is 13.0. The van der Waals surface area contributed by atoms with E-state index in [-0.39, 0.29) is 29.3 Å². The molecule has 1 aliphatic heterocycles. The standard InChI is InChI=1S/C25H22O7/c1-29-19-11-15(12-20(30-2)25(19)31-3)17-13-21(26)32-18-10-9-16(24(28)22(17)18)23(27)14-7-5-4-6-8-14/h4-12,17,28H,13H2,1-3H3/t17-/m0/s1. The molecule has 0 spiro atoms. The van der Waals surface area contributed by atoms with E-state index < -0.39 is 11.9 Å². The fourth-order valence-corrected chi connectivity index (χ4v) is 3.96. The SMILES string of the molecule is COc1cc([C@@H]2CC(=O)Oc3ccc(C(=O)c4ccccc4)c(O)c32)cc(OC)c1OC. The van der Waals surface area contributed by atoms with Crippen molar-refractivity contribution in [3.05, 3.63) is 76.9 Å². The third-order valence-corrected chi connectivity index (χ3v) is 5.49. The molecule has 0 aromatic heterocycles. The molecular weight excluding hydrogens is 412 g/mol. The molecular formula is C25H22O7. The van der Waals surface area contributed by atoms with Crippen molar-refractivity contribution < 1.29 is 33.6 Å². The van der Waals surface area contributed by atoms with Gasteiger partial charge < -0.3 is 24.1 Å². The summed E-state index contributed by atoms with van der Waals surface area (Å²) in [5.74, 6) is -0.122. The Labute approximate surface area is 185 Å². The van der Waals surface area contributed by atoms with Gasteiger partial charge >= 0.3 is 5.97 Å². The summed E-state index contributed by atoms with van der Waals surface area (Å²) in [5.41, 5.74) is 1.59. The molecule has 0 fully saturated rings. The Morgan fingerprint density at radius 3 is 2.22 bits per heavy atom. The fraction of sp³-hybridized carbons (Fsp3) is 0.200. The van der Waals surface area contributed by atoms with Gasteiger partial charge in [-0.3, -0.25) is 9.59 Å². The minimum absolute atomic E-state index is 0.0256. The molecule has 1 aliphatic rings. The molecule has 0 bridgehead atoms. The summed E-state index contributed by atoms with van der Waals surface area (Å²) in [5, 5.41) is 11.1. The van der Waals surface area contributed by atoms with Crippen molar-refractivity contribution in [2.24, 2.45) is 0 Å². The van der Waals surface area contributed by atoms with Crippen LogP contribution in [-0.2, 0) is 4.79 Å². The minimum atomic E-state index is -0.580. The third-order valence-electron chi connectivity index (χ3n) is 5.49. The molecule has 0 unspecified atom stereocenters. The van der Waals surface area contributed by atoms with Gasteiger partial charge in [-0.1, -0.05) is 30.3 Å². The molecule has 4 rings (SSSR count).